The van der Waals surface area contributed by atoms with E-state index in [-0.39, 0.29) is 12.5 Å². The third-order valence-electron chi connectivity index (χ3n) is 3.45. The van der Waals surface area contributed by atoms with Crippen LogP contribution in [0.4, 0.5) is 0 Å². The maximum absolute atomic E-state index is 11.7. The summed E-state index contributed by atoms with van der Waals surface area (Å²) in [7, 11) is 0. The molecule has 3 rings (SSSR count). The molecule has 0 atom stereocenters. The molecule has 0 spiro atoms. The van der Waals surface area contributed by atoms with Crippen LogP contribution in [0.1, 0.15) is 16.3 Å². The molecule has 0 radical (unpaired) electrons. The molecule has 2 aromatic heterocycles. The van der Waals surface area contributed by atoms with Crippen molar-refractivity contribution in [2.24, 2.45) is 0 Å². The highest BCUT2D eigenvalue weighted by atomic mass is 35.5. The van der Waals surface area contributed by atoms with Gasteiger partial charge in [0.2, 0.25) is 5.91 Å². The van der Waals surface area contributed by atoms with E-state index in [9.17, 15) is 4.79 Å². The van der Waals surface area contributed by atoms with Crippen molar-refractivity contribution < 1.29 is 9.53 Å². The molecule has 0 bridgehead atoms. The summed E-state index contributed by atoms with van der Waals surface area (Å²) in [6.45, 7) is 5.71. The molecule has 0 N–H and O–H groups in total. The fraction of sp³-hybridized carbons (Fsp3) is 0.462. The zero-order valence-corrected chi connectivity index (χ0v) is 12.8. The number of rotatable bonds is 2. The molecule has 1 aliphatic rings. The Morgan fingerprint density at radius 1 is 1.40 bits per heavy atom. The summed E-state index contributed by atoms with van der Waals surface area (Å²) < 4.78 is 5.11. The Labute approximate surface area is 125 Å². The number of hydrogen-bond donors (Lipinski definition) is 0. The Bertz CT molecular complexity index is 686. The van der Waals surface area contributed by atoms with E-state index in [2.05, 4.69) is 9.97 Å². The van der Waals surface area contributed by atoms with E-state index in [1.165, 1.54) is 4.88 Å². The van der Waals surface area contributed by atoms with E-state index in [1.54, 1.807) is 16.2 Å². The van der Waals surface area contributed by atoms with Crippen LogP contribution in [0.25, 0.3) is 10.2 Å². The number of thiophene rings is 1. The molecule has 0 unspecified atom stereocenters. The number of fused-ring (bicyclic) bond motifs is 1. The highest BCUT2D eigenvalue weighted by Gasteiger charge is 2.21. The van der Waals surface area contributed by atoms with Gasteiger partial charge >= 0.3 is 0 Å². The lowest BCUT2D eigenvalue weighted by Gasteiger charge is -2.25. The number of halogens is 1. The first-order valence-corrected chi connectivity index (χ1v) is 7.53. The Hall–Kier alpha value is -1.24. The number of aryl methyl sites for hydroxylation is 2. The van der Waals surface area contributed by atoms with Crippen LogP contribution in [-0.4, -0.2) is 40.5 Å². The summed E-state index contributed by atoms with van der Waals surface area (Å²) in [5.74, 6) is 0.550. The monoisotopic (exact) mass is 311 g/mol. The zero-order chi connectivity index (χ0) is 14.3. The predicted octanol–water partition coefficient (Wildman–Crippen LogP) is 2.32. The number of carbonyl (C=O) groups is 1. The average molecular weight is 312 g/mol. The molecule has 5 nitrogen and oxygen atoms in total. The molecule has 1 saturated heterocycles. The van der Waals surface area contributed by atoms with Crippen LogP contribution in [0, 0.1) is 13.8 Å². The fourth-order valence-corrected chi connectivity index (χ4v) is 3.63. The Balaban J connectivity index is 1.94. The summed E-state index contributed by atoms with van der Waals surface area (Å²) in [5.41, 5.74) is 1.13. The van der Waals surface area contributed by atoms with Gasteiger partial charge in [-0.25, -0.2) is 9.97 Å². The van der Waals surface area contributed by atoms with E-state index in [0.29, 0.717) is 30.7 Å². The largest absolute Gasteiger partial charge is 0.370 e. The smallest absolute Gasteiger partial charge is 0.249 e. The normalized spacial score (nSPS) is 16.1. The minimum absolute atomic E-state index is 0.0328. The molecule has 1 aliphatic heterocycles. The number of aromatic nitrogens is 2. The molecule has 106 valence electrons. The van der Waals surface area contributed by atoms with Gasteiger partial charge in [0.1, 0.15) is 16.6 Å². The van der Waals surface area contributed by atoms with Crippen molar-refractivity contribution in [1.82, 2.24) is 14.9 Å². The van der Waals surface area contributed by atoms with E-state index < -0.39 is 0 Å². The number of nitrogens with zero attached hydrogens (tertiary/aromatic N) is 3. The first-order chi connectivity index (χ1) is 9.56. The van der Waals surface area contributed by atoms with Gasteiger partial charge in [0.25, 0.3) is 0 Å². The van der Waals surface area contributed by atoms with Crippen molar-refractivity contribution in [3.63, 3.8) is 0 Å². The van der Waals surface area contributed by atoms with E-state index in [4.69, 9.17) is 16.3 Å². The third kappa shape index (κ3) is 2.39. The van der Waals surface area contributed by atoms with Gasteiger partial charge in [-0.1, -0.05) is 11.6 Å². The number of hydrogen-bond acceptors (Lipinski definition) is 5. The van der Waals surface area contributed by atoms with Crippen LogP contribution in [0.2, 0.25) is 5.15 Å². The van der Waals surface area contributed by atoms with Gasteiger partial charge in [0.15, 0.2) is 5.82 Å². The Morgan fingerprint density at radius 2 is 2.20 bits per heavy atom. The Kier molecular flexibility index (Phi) is 3.62. The zero-order valence-electron chi connectivity index (χ0n) is 11.3. The minimum atomic E-state index is -0.0328. The van der Waals surface area contributed by atoms with Crippen molar-refractivity contribution in [3.8, 4) is 0 Å². The number of ether oxygens (including phenoxy) is 1. The predicted molar refractivity (Wildman–Crippen MR) is 78.1 cm³/mol. The molecule has 1 amide bonds. The number of carbonyl (C=O) groups excluding carboxylic acids is 1. The van der Waals surface area contributed by atoms with Crippen molar-refractivity contribution in [2.75, 3.05) is 19.8 Å². The topological polar surface area (TPSA) is 55.3 Å². The summed E-state index contributed by atoms with van der Waals surface area (Å²) in [6.07, 6.45) is 0. The second-order valence-corrected chi connectivity index (χ2v) is 6.32. The molecule has 20 heavy (non-hydrogen) atoms. The molecule has 2 aromatic rings. The fourth-order valence-electron chi connectivity index (χ4n) is 2.20. The molecule has 3 heterocycles. The lowest BCUT2D eigenvalue weighted by atomic mass is 10.2. The summed E-state index contributed by atoms with van der Waals surface area (Å²) in [5, 5.41) is 1.39. The lowest BCUT2D eigenvalue weighted by Crippen LogP contribution is -2.41. The highest BCUT2D eigenvalue weighted by molar-refractivity contribution is 7.18. The third-order valence-corrected chi connectivity index (χ3v) is 4.82. The van der Waals surface area contributed by atoms with E-state index >= 15 is 0 Å². The maximum Gasteiger partial charge on any atom is 0.249 e. The summed E-state index contributed by atoms with van der Waals surface area (Å²) in [6, 6.07) is 0. The first-order valence-electron chi connectivity index (χ1n) is 6.34. The molecule has 7 heteroatoms. The van der Waals surface area contributed by atoms with E-state index in [1.807, 2.05) is 13.8 Å². The second-order valence-electron chi connectivity index (χ2n) is 4.76. The summed E-state index contributed by atoms with van der Waals surface area (Å²) >= 11 is 7.87. The maximum atomic E-state index is 11.7. The number of amides is 1. The summed E-state index contributed by atoms with van der Waals surface area (Å²) in [4.78, 5) is 24.4. The van der Waals surface area contributed by atoms with Crippen LogP contribution >= 0.6 is 22.9 Å². The lowest BCUT2D eigenvalue weighted by molar-refractivity contribution is -0.143. The van der Waals surface area contributed by atoms with Crippen LogP contribution in [0.3, 0.4) is 0 Å². The van der Waals surface area contributed by atoms with Crippen molar-refractivity contribution in [3.05, 3.63) is 21.4 Å². The average Bonchev–Trinajstić information content (AvgIpc) is 2.68. The van der Waals surface area contributed by atoms with Gasteiger partial charge in [0.05, 0.1) is 18.5 Å². The van der Waals surface area contributed by atoms with E-state index in [0.717, 1.165) is 15.8 Å². The molecule has 0 saturated carbocycles. The van der Waals surface area contributed by atoms with Gasteiger partial charge in [-0.15, -0.1) is 11.3 Å². The van der Waals surface area contributed by atoms with Crippen molar-refractivity contribution in [1.29, 1.82) is 0 Å². The van der Waals surface area contributed by atoms with Gasteiger partial charge in [-0.3, -0.25) is 4.79 Å². The second kappa shape index (κ2) is 5.27. The quantitative estimate of drug-likeness (QED) is 0.799. The van der Waals surface area contributed by atoms with Crippen LogP contribution in [0.5, 0.6) is 0 Å². The van der Waals surface area contributed by atoms with Crippen LogP contribution < -0.4 is 0 Å². The highest BCUT2D eigenvalue weighted by Crippen LogP contribution is 2.33. The molecular formula is C13H14ClN3O2S. The van der Waals surface area contributed by atoms with Gasteiger partial charge in [-0.05, 0) is 19.4 Å². The molecule has 1 fully saturated rings. The molecule has 0 aliphatic carbocycles. The molecule has 0 aromatic carbocycles. The van der Waals surface area contributed by atoms with Crippen molar-refractivity contribution >= 4 is 39.1 Å². The van der Waals surface area contributed by atoms with Gasteiger partial charge in [-0.2, -0.15) is 0 Å². The standard InChI is InChI=1S/C13H14ClN3O2S/c1-7-8(2)20-13-11(7)12(14)15-9(16-13)5-17-3-4-19-6-10(17)18/h3-6H2,1-2H3. The minimum Gasteiger partial charge on any atom is -0.370 e. The number of morpholine rings is 1. The van der Waals surface area contributed by atoms with Gasteiger partial charge < -0.3 is 9.64 Å². The van der Waals surface area contributed by atoms with Gasteiger partial charge in [0, 0.05) is 11.4 Å². The van der Waals surface area contributed by atoms with Crippen molar-refractivity contribution in [2.45, 2.75) is 20.4 Å². The van der Waals surface area contributed by atoms with Crippen LogP contribution in [0.15, 0.2) is 0 Å². The van der Waals surface area contributed by atoms with Crippen LogP contribution in [-0.2, 0) is 16.1 Å². The Morgan fingerprint density at radius 3 is 2.95 bits per heavy atom. The molecular weight excluding hydrogens is 298 g/mol. The first kappa shape index (κ1) is 13.7. The SMILES string of the molecule is Cc1sc2nc(CN3CCOCC3=O)nc(Cl)c2c1C.